The van der Waals surface area contributed by atoms with E-state index >= 15 is 0 Å². The van der Waals surface area contributed by atoms with Gasteiger partial charge in [-0.15, -0.1) is 0 Å². The molecule has 1 N–H and O–H groups in total. The normalized spacial score (nSPS) is 14.9. The summed E-state index contributed by atoms with van der Waals surface area (Å²) in [4.78, 5) is 28.6. The molecule has 0 aliphatic heterocycles. The van der Waals surface area contributed by atoms with Gasteiger partial charge in [-0.3, -0.25) is 13.9 Å². The summed E-state index contributed by atoms with van der Waals surface area (Å²) >= 11 is 15.7. The molecule has 11 heteroatoms. The Kier molecular flexibility index (Phi) is 10.3. The molecule has 0 unspecified atom stereocenters. The average Bonchev–Trinajstić information content (AvgIpc) is 3.33. The molecule has 1 aliphatic rings. The number of benzene rings is 2. The Labute approximate surface area is 237 Å². The van der Waals surface area contributed by atoms with Crippen molar-refractivity contribution in [2.45, 2.75) is 64.6 Å². The molecule has 1 aliphatic carbocycles. The van der Waals surface area contributed by atoms with E-state index in [0.29, 0.717) is 27.7 Å². The van der Waals surface area contributed by atoms with Gasteiger partial charge < -0.3 is 10.2 Å². The highest BCUT2D eigenvalue weighted by atomic mass is 79.9. The van der Waals surface area contributed by atoms with Gasteiger partial charge in [-0.25, -0.2) is 8.42 Å². The van der Waals surface area contributed by atoms with Crippen LogP contribution >= 0.6 is 39.1 Å². The molecule has 3 rings (SSSR count). The van der Waals surface area contributed by atoms with Crippen molar-refractivity contribution < 1.29 is 18.0 Å². The topological polar surface area (TPSA) is 86.8 Å². The molecule has 1 saturated carbocycles. The Morgan fingerprint density at radius 2 is 1.78 bits per heavy atom. The van der Waals surface area contributed by atoms with Gasteiger partial charge in [0.05, 0.1) is 22.0 Å². The number of aryl methyl sites for hydroxylation is 1. The lowest BCUT2D eigenvalue weighted by Crippen LogP contribution is -2.53. The van der Waals surface area contributed by atoms with E-state index in [9.17, 15) is 18.0 Å². The minimum absolute atomic E-state index is 0.0727. The van der Waals surface area contributed by atoms with Gasteiger partial charge in [-0.1, -0.05) is 65.0 Å². The van der Waals surface area contributed by atoms with Gasteiger partial charge >= 0.3 is 0 Å². The monoisotopic (exact) mass is 631 g/mol. The first-order valence-electron chi connectivity index (χ1n) is 12.2. The highest BCUT2D eigenvalue weighted by Crippen LogP contribution is 2.27. The van der Waals surface area contributed by atoms with Crippen molar-refractivity contribution in [3.05, 3.63) is 62.0 Å². The van der Waals surface area contributed by atoms with Gasteiger partial charge in [0.1, 0.15) is 12.6 Å². The Morgan fingerprint density at radius 1 is 1.11 bits per heavy atom. The molecule has 7 nitrogen and oxygen atoms in total. The van der Waals surface area contributed by atoms with Crippen LogP contribution < -0.4 is 9.62 Å². The molecule has 0 bridgehead atoms. The van der Waals surface area contributed by atoms with Gasteiger partial charge in [0, 0.05) is 17.1 Å². The van der Waals surface area contributed by atoms with Crippen molar-refractivity contribution in [3.8, 4) is 0 Å². The summed E-state index contributed by atoms with van der Waals surface area (Å²) < 4.78 is 27.4. The zero-order chi connectivity index (χ0) is 27.3. The van der Waals surface area contributed by atoms with E-state index in [0.717, 1.165) is 46.3 Å². The Morgan fingerprint density at radius 3 is 2.35 bits per heavy atom. The molecule has 2 aromatic rings. The molecule has 0 saturated heterocycles. The number of hydrogen-bond acceptors (Lipinski definition) is 4. The first-order chi connectivity index (χ1) is 17.4. The van der Waals surface area contributed by atoms with Gasteiger partial charge in [-0.05, 0) is 67.6 Å². The number of anilines is 1. The first kappa shape index (κ1) is 29.7. The number of hydrogen-bond donors (Lipinski definition) is 1. The number of nitrogens with one attached hydrogen (secondary N) is 1. The van der Waals surface area contributed by atoms with Crippen LogP contribution in [0, 0.1) is 6.92 Å². The molecule has 1 fully saturated rings. The van der Waals surface area contributed by atoms with E-state index in [-0.39, 0.29) is 18.5 Å². The Bertz CT molecular complexity index is 1250. The van der Waals surface area contributed by atoms with E-state index in [1.165, 1.54) is 4.90 Å². The summed E-state index contributed by atoms with van der Waals surface area (Å²) in [5.41, 5.74) is 1.88. The summed E-state index contributed by atoms with van der Waals surface area (Å²) in [6.45, 7) is 3.30. The van der Waals surface area contributed by atoms with E-state index in [1.54, 1.807) is 36.4 Å². The quantitative estimate of drug-likeness (QED) is 0.364. The smallest absolute Gasteiger partial charge is 0.244 e. The Hall–Kier alpha value is -1.81. The maximum atomic E-state index is 13.8. The summed E-state index contributed by atoms with van der Waals surface area (Å²) in [6.07, 6.45) is 5.36. The SMILES string of the molecule is CC[C@H](C(=O)NC1CCCC1)N(Cc1ccc(Cl)c(Cl)c1)C(=O)CN(c1ccc(Br)c(C)c1)S(C)(=O)=O. The van der Waals surface area contributed by atoms with Crippen molar-refractivity contribution in [2.24, 2.45) is 0 Å². The highest BCUT2D eigenvalue weighted by molar-refractivity contribution is 9.10. The summed E-state index contributed by atoms with van der Waals surface area (Å²) in [7, 11) is -3.80. The fourth-order valence-electron chi connectivity index (χ4n) is 4.52. The molecule has 2 aromatic carbocycles. The highest BCUT2D eigenvalue weighted by Gasteiger charge is 2.33. The second-order valence-electron chi connectivity index (χ2n) is 9.39. The zero-order valence-electron chi connectivity index (χ0n) is 21.1. The van der Waals surface area contributed by atoms with Crippen molar-refractivity contribution in [1.82, 2.24) is 10.2 Å². The number of nitrogens with zero attached hydrogens (tertiary/aromatic N) is 2. The minimum Gasteiger partial charge on any atom is -0.352 e. The molecule has 202 valence electrons. The van der Waals surface area contributed by atoms with Crippen molar-refractivity contribution in [1.29, 1.82) is 0 Å². The van der Waals surface area contributed by atoms with Crippen LogP contribution in [0.25, 0.3) is 0 Å². The second-order valence-corrected chi connectivity index (χ2v) is 13.0. The van der Waals surface area contributed by atoms with Crippen molar-refractivity contribution in [2.75, 3.05) is 17.1 Å². The maximum absolute atomic E-state index is 13.8. The van der Waals surface area contributed by atoms with Crippen molar-refractivity contribution in [3.63, 3.8) is 0 Å². The van der Waals surface area contributed by atoms with Crippen LogP contribution in [0.15, 0.2) is 40.9 Å². The molecular formula is C26H32BrCl2N3O4S. The van der Waals surface area contributed by atoms with Gasteiger partial charge in [0.2, 0.25) is 21.8 Å². The third-order valence-corrected chi connectivity index (χ3v) is 9.30. The van der Waals surface area contributed by atoms with Crippen molar-refractivity contribution >= 4 is 66.7 Å². The molecule has 0 spiro atoms. The van der Waals surface area contributed by atoms with Crippen LogP contribution in [0.3, 0.4) is 0 Å². The van der Waals surface area contributed by atoms with E-state index < -0.39 is 28.5 Å². The zero-order valence-corrected chi connectivity index (χ0v) is 25.1. The van der Waals surface area contributed by atoms with Crippen LogP contribution in [0.4, 0.5) is 5.69 Å². The predicted molar refractivity (Wildman–Crippen MR) is 153 cm³/mol. The third kappa shape index (κ3) is 7.85. The van der Waals surface area contributed by atoms with Crippen LogP contribution in [0.1, 0.15) is 50.2 Å². The molecule has 0 radical (unpaired) electrons. The molecule has 0 aromatic heterocycles. The van der Waals surface area contributed by atoms with Gasteiger partial charge in [-0.2, -0.15) is 0 Å². The number of amides is 2. The average molecular weight is 633 g/mol. The fraction of sp³-hybridized carbons (Fsp3) is 0.462. The standard InChI is InChI=1S/C26H32BrCl2N3O4S/c1-4-24(26(34)30-19-7-5-6-8-19)31(15-18-9-12-22(28)23(29)14-18)25(33)16-32(37(3,35)36)20-10-11-21(27)17(2)13-20/h9-14,19,24H,4-8,15-16H2,1-3H3,(H,30,34)/t24-/m1/s1. The third-order valence-electron chi connectivity index (χ3n) is 6.53. The molecule has 37 heavy (non-hydrogen) atoms. The van der Waals surface area contributed by atoms with Gasteiger partial charge in [0.15, 0.2) is 0 Å². The van der Waals surface area contributed by atoms with Gasteiger partial charge in [0.25, 0.3) is 0 Å². The van der Waals surface area contributed by atoms with Crippen LogP contribution in [0.2, 0.25) is 10.0 Å². The van der Waals surface area contributed by atoms with E-state index in [1.807, 2.05) is 13.8 Å². The predicted octanol–water partition coefficient (Wildman–Crippen LogP) is 5.70. The summed E-state index contributed by atoms with van der Waals surface area (Å²) in [5.74, 6) is -0.737. The number of rotatable bonds is 10. The fourth-order valence-corrected chi connectivity index (χ4v) is 5.93. The lowest BCUT2D eigenvalue weighted by molar-refractivity contribution is -0.140. The number of halogens is 3. The largest absolute Gasteiger partial charge is 0.352 e. The first-order valence-corrected chi connectivity index (χ1v) is 15.6. The molecule has 0 heterocycles. The number of carbonyl (C=O) groups is 2. The molecule has 1 atom stereocenters. The summed E-state index contributed by atoms with van der Waals surface area (Å²) in [6, 6.07) is 9.41. The Balaban J connectivity index is 1.95. The number of carbonyl (C=O) groups excluding carboxylic acids is 2. The van der Waals surface area contributed by atoms with E-state index in [2.05, 4.69) is 21.2 Å². The second kappa shape index (κ2) is 12.8. The minimum atomic E-state index is -3.80. The lowest BCUT2D eigenvalue weighted by atomic mass is 10.1. The van der Waals surface area contributed by atoms with Crippen LogP contribution in [-0.4, -0.2) is 50.0 Å². The number of sulfonamides is 1. The maximum Gasteiger partial charge on any atom is 0.244 e. The molecular weight excluding hydrogens is 601 g/mol. The molecule has 2 amide bonds. The lowest BCUT2D eigenvalue weighted by Gasteiger charge is -2.33. The summed E-state index contributed by atoms with van der Waals surface area (Å²) in [5, 5.41) is 3.79. The van der Waals surface area contributed by atoms with Crippen LogP contribution in [-0.2, 0) is 26.2 Å². The van der Waals surface area contributed by atoms with E-state index in [4.69, 9.17) is 23.2 Å². The van der Waals surface area contributed by atoms with Crippen LogP contribution in [0.5, 0.6) is 0 Å².